The Hall–Kier alpha value is -1.57. The lowest BCUT2D eigenvalue weighted by atomic mass is 9.87. The first-order chi connectivity index (χ1) is 12.6. The summed E-state index contributed by atoms with van der Waals surface area (Å²) < 4.78 is 10.3. The second-order valence-corrected chi connectivity index (χ2v) is 7.91. The fraction of sp³-hybridized carbons (Fsp3) is 0.579. The Labute approximate surface area is 158 Å². The zero-order valence-corrected chi connectivity index (χ0v) is 16.0. The Morgan fingerprint density at radius 2 is 1.77 bits per heavy atom. The summed E-state index contributed by atoms with van der Waals surface area (Å²) in [6.45, 7) is 4.24. The van der Waals surface area contributed by atoms with E-state index in [1.54, 1.807) is 24.3 Å². The molecule has 142 valence electrons. The van der Waals surface area contributed by atoms with Crippen LogP contribution in [0.2, 0.25) is 0 Å². The number of rotatable bonds is 5. The van der Waals surface area contributed by atoms with Crippen molar-refractivity contribution in [3.63, 3.8) is 0 Å². The van der Waals surface area contributed by atoms with Crippen molar-refractivity contribution in [3.05, 3.63) is 35.4 Å². The van der Waals surface area contributed by atoms with Crippen LogP contribution in [0.1, 0.15) is 33.6 Å². The van der Waals surface area contributed by atoms with Gasteiger partial charge in [-0.1, -0.05) is 0 Å². The smallest absolute Gasteiger partial charge is 0.337 e. The van der Waals surface area contributed by atoms with Gasteiger partial charge in [-0.3, -0.25) is 9.69 Å². The van der Waals surface area contributed by atoms with Crippen LogP contribution < -0.4 is 5.32 Å². The number of hydrogen-bond donors (Lipinski definition) is 1. The van der Waals surface area contributed by atoms with Gasteiger partial charge in [0, 0.05) is 55.5 Å². The van der Waals surface area contributed by atoms with Crippen LogP contribution in [-0.4, -0.2) is 73.8 Å². The summed E-state index contributed by atoms with van der Waals surface area (Å²) in [4.78, 5) is 26.6. The van der Waals surface area contributed by atoms with Crippen LogP contribution in [0, 0.1) is 0 Å². The topological polar surface area (TPSA) is 67.9 Å². The van der Waals surface area contributed by atoms with E-state index in [9.17, 15) is 9.59 Å². The van der Waals surface area contributed by atoms with Crippen molar-refractivity contribution in [3.8, 4) is 0 Å². The van der Waals surface area contributed by atoms with Gasteiger partial charge >= 0.3 is 5.97 Å². The molecule has 0 unspecified atom stereocenters. The van der Waals surface area contributed by atoms with Gasteiger partial charge in [-0.25, -0.2) is 4.79 Å². The van der Waals surface area contributed by atoms with Crippen LogP contribution in [0.25, 0.3) is 0 Å². The number of thioether (sulfide) groups is 1. The minimum Gasteiger partial charge on any atom is -0.465 e. The van der Waals surface area contributed by atoms with Gasteiger partial charge < -0.3 is 14.8 Å². The van der Waals surface area contributed by atoms with Gasteiger partial charge in [0.2, 0.25) is 0 Å². The van der Waals surface area contributed by atoms with Crippen molar-refractivity contribution >= 4 is 23.6 Å². The Balaban J connectivity index is 1.64. The second kappa shape index (κ2) is 8.88. The molecule has 0 aliphatic carbocycles. The summed E-state index contributed by atoms with van der Waals surface area (Å²) in [5.41, 5.74) is 0.978. The van der Waals surface area contributed by atoms with Crippen molar-refractivity contribution in [1.82, 2.24) is 10.2 Å². The van der Waals surface area contributed by atoms with Crippen molar-refractivity contribution < 1.29 is 19.1 Å². The molecule has 1 aromatic carbocycles. The van der Waals surface area contributed by atoms with Gasteiger partial charge in [-0.05, 0) is 37.1 Å². The number of amides is 1. The molecule has 0 radical (unpaired) electrons. The fourth-order valence-corrected chi connectivity index (χ4v) is 4.52. The molecule has 0 saturated carbocycles. The predicted molar refractivity (Wildman–Crippen MR) is 102 cm³/mol. The molecule has 2 aliphatic rings. The highest BCUT2D eigenvalue weighted by Gasteiger charge is 2.39. The number of hydrogen-bond acceptors (Lipinski definition) is 6. The number of carbonyl (C=O) groups is 2. The van der Waals surface area contributed by atoms with Crippen molar-refractivity contribution in [1.29, 1.82) is 0 Å². The highest BCUT2D eigenvalue weighted by molar-refractivity contribution is 7.99. The maximum absolute atomic E-state index is 12.6. The first kappa shape index (κ1) is 19.2. The zero-order valence-electron chi connectivity index (χ0n) is 15.2. The average molecular weight is 378 g/mol. The molecule has 1 N–H and O–H groups in total. The van der Waals surface area contributed by atoms with Gasteiger partial charge in [-0.2, -0.15) is 11.8 Å². The first-order valence-corrected chi connectivity index (χ1v) is 10.2. The SMILES string of the molecule is COC(=O)c1ccc(C(=O)NCC2(N3CCSCC3)CCOCC2)cc1. The molecule has 1 amide bonds. The third kappa shape index (κ3) is 4.39. The highest BCUT2D eigenvalue weighted by Crippen LogP contribution is 2.30. The summed E-state index contributed by atoms with van der Waals surface area (Å²) in [6, 6.07) is 6.56. The first-order valence-electron chi connectivity index (χ1n) is 9.02. The molecule has 0 spiro atoms. The van der Waals surface area contributed by atoms with E-state index in [1.807, 2.05) is 11.8 Å². The summed E-state index contributed by atoms with van der Waals surface area (Å²) in [5.74, 6) is 1.77. The Bertz CT molecular complexity index is 623. The Kier molecular flexibility index (Phi) is 6.56. The van der Waals surface area contributed by atoms with E-state index in [0.717, 1.165) is 50.7 Å². The number of nitrogens with zero attached hydrogens (tertiary/aromatic N) is 1. The number of nitrogens with one attached hydrogen (secondary N) is 1. The lowest BCUT2D eigenvalue weighted by Crippen LogP contribution is -2.60. The molecule has 0 atom stereocenters. The van der Waals surface area contributed by atoms with E-state index in [0.29, 0.717) is 17.7 Å². The molecule has 2 aliphatic heterocycles. The summed E-state index contributed by atoms with van der Waals surface area (Å²) >= 11 is 1.99. The molecule has 2 heterocycles. The quantitative estimate of drug-likeness (QED) is 0.788. The Morgan fingerprint density at radius 3 is 2.38 bits per heavy atom. The number of methoxy groups -OCH3 is 1. The van der Waals surface area contributed by atoms with Crippen molar-refractivity contribution in [2.75, 3.05) is 51.5 Å². The van der Waals surface area contributed by atoms with E-state index in [-0.39, 0.29) is 11.4 Å². The third-order valence-electron chi connectivity index (χ3n) is 5.25. The van der Waals surface area contributed by atoms with Crippen LogP contribution in [-0.2, 0) is 9.47 Å². The lowest BCUT2D eigenvalue weighted by molar-refractivity contribution is -0.0237. The maximum atomic E-state index is 12.6. The molecule has 2 fully saturated rings. The average Bonchev–Trinajstić information content (AvgIpc) is 2.73. The van der Waals surface area contributed by atoms with Gasteiger partial charge in [0.25, 0.3) is 5.91 Å². The van der Waals surface area contributed by atoms with E-state index in [4.69, 9.17) is 4.74 Å². The second-order valence-electron chi connectivity index (χ2n) is 6.69. The molecule has 0 aromatic heterocycles. The zero-order chi connectivity index (χ0) is 18.4. The van der Waals surface area contributed by atoms with Crippen molar-refractivity contribution in [2.24, 2.45) is 0 Å². The van der Waals surface area contributed by atoms with Crippen LogP contribution in [0.4, 0.5) is 0 Å². The molecular formula is C19H26N2O4S. The molecule has 6 nitrogen and oxygen atoms in total. The van der Waals surface area contributed by atoms with E-state index in [2.05, 4.69) is 15.0 Å². The maximum Gasteiger partial charge on any atom is 0.337 e. The van der Waals surface area contributed by atoms with Crippen LogP contribution in [0.5, 0.6) is 0 Å². The van der Waals surface area contributed by atoms with Crippen LogP contribution in [0.3, 0.4) is 0 Å². The fourth-order valence-electron chi connectivity index (χ4n) is 3.62. The molecule has 26 heavy (non-hydrogen) atoms. The summed E-state index contributed by atoms with van der Waals surface area (Å²) in [7, 11) is 1.34. The summed E-state index contributed by atoms with van der Waals surface area (Å²) in [6.07, 6.45) is 1.89. The van der Waals surface area contributed by atoms with E-state index >= 15 is 0 Å². The van der Waals surface area contributed by atoms with Crippen molar-refractivity contribution in [2.45, 2.75) is 18.4 Å². The number of benzene rings is 1. The minimum atomic E-state index is -0.402. The minimum absolute atomic E-state index is 0.0130. The monoisotopic (exact) mass is 378 g/mol. The van der Waals surface area contributed by atoms with Crippen LogP contribution in [0.15, 0.2) is 24.3 Å². The largest absolute Gasteiger partial charge is 0.465 e. The highest BCUT2D eigenvalue weighted by atomic mass is 32.2. The molecule has 1 aromatic rings. The lowest BCUT2D eigenvalue weighted by Gasteiger charge is -2.48. The Morgan fingerprint density at radius 1 is 1.15 bits per heavy atom. The molecule has 3 rings (SSSR count). The van der Waals surface area contributed by atoms with Gasteiger partial charge in [0.05, 0.1) is 12.7 Å². The molecule has 7 heteroatoms. The number of carbonyl (C=O) groups excluding carboxylic acids is 2. The normalized spacial score (nSPS) is 20.3. The van der Waals surface area contributed by atoms with E-state index < -0.39 is 5.97 Å². The van der Waals surface area contributed by atoms with Gasteiger partial charge in [0.1, 0.15) is 0 Å². The standard InChI is InChI=1S/C19H26N2O4S/c1-24-18(23)16-4-2-15(3-5-16)17(22)20-14-19(6-10-25-11-7-19)21-8-12-26-13-9-21/h2-5H,6-14H2,1H3,(H,20,22). The third-order valence-corrected chi connectivity index (χ3v) is 6.19. The number of ether oxygens (including phenoxy) is 2. The van der Waals surface area contributed by atoms with Gasteiger partial charge in [-0.15, -0.1) is 0 Å². The molecule has 2 saturated heterocycles. The summed E-state index contributed by atoms with van der Waals surface area (Å²) in [5, 5.41) is 3.11. The van der Waals surface area contributed by atoms with Crippen LogP contribution >= 0.6 is 11.8 Å². The molecular weight excluding hydrogens is 352 g/mol. The van der Waals surface area contributed by atoms with Gasteiger partial charge in [0.15, 0.2) is 0 Å². The predicted octanol–water partition coefficient (Wildman–Crippen LogP) is 1.80. The number of esters is 1. The van der Waals surface area contributed by atoms with E-state index in [1.165, 1.54) is 7.11 Å². The molecule has 0 bridgehead atoms.